The first-order valence-electron chi connectivity index (χ1n) is 6.27. The Morgan fingerprint density at radius 1 is 0.947 bits per heavy atom. The molecule has 2 atom stereocenters. The molecule has 0 heterocycles. The van der Waals surface area contributed by atoms with E-state index in [-0.39, 0.29) is 0 Å². The molecule has 1 aromatic carbocycles. The van der Waals surface area contributed by atoms with E-state index in [1.54, 1.807) is 0 Å². The van der Waals surface area contributed by atoms with Crippen molar-refractivity contribution in [2.75, 3.05) is 0 Å². The summed E-state index contributed by atoms with van der Waals surface area (Å²) in [4.78, 5) is 22.3. The van der Waals surface area contributed by atoms with Gasteiger partial charge in [-0.3, -0.25) is 9.59 Å². The summed E-state index contributed by atoms with van der Waals surface area (Å²) >= 11 is 0. The normalized spacial score (nSPS) is 22.2. The first-order valence-corrected chi connectivity index (χ1v) is 6.27. The van der Waals surface area contributed by atoms with Crippen LogP contribution in [0.3, 0.4) is 0 Å². The van der Waals surface area contributed by atoms with E-state index < -0.39 is 11.9 Å². The molecule has 0 aliphatic heterocycles. The molecule has 1 aromatic rings. The fourth-order valence-electron chi connectivity index (χ4n) is 2.86. The van der Waals surface area contributed by atoms with Gasteiger partial charge < -0.3 is 9.47 Å². The lowest BCUT2D eigenvalue weighted by molar-refractivity contribution is -0.134. The highest BCUT2D eigenvalue weighted by Gasteiger charge is 2.34. The van der Waals surface area contributed by atoms with E-state index in [0.717, 1.165) is 6.42 Å². The van der Waals surface area contributed by atoms with Gasteiger partial charge in [0.25, 0.3) is 0 Å². The van der Waals surface area contributed by atoms with E-state index in [2.05, 4.69) is 12.2 Å². The highest BCUT2D eigenvalue weighted by molar-refractivity contribution is 5.74. The predicted molar refractivity (Wildman–Crippen MR) is 68.3 cm³/mol. The molecule has 2 aliphatic rings. The Labute approximate surface area is 111 Å². The standard InChI is InChI=1S/C15H14O4/c1-8(16)18-14-6-12-10-3-4-11(5-10)13(12)7-15(14)19-9(2)17/h3-4,6-7,10-11H,5H2,1-2H3. The van der Waals surface area contributed by atoms with Crippen molar-refractivity contribution < 1.29 is 19.1 Å². The van der Waals surface area contributed by atoms with Gasteiger partial charge >= 0.3 is 11.9 Å². The average Bonchev–Trinajstić information content (AvgIpc) is 2.89. The van der Waals surface area contributed by atoms with Crippen LogP contribution in [0.5, 0.6) is 11.5 Å². The molecule has 2 unspecified atom stereocenters. The number of fused-ring (bicyclic) bond motifs is 5. The molecule has 0 aromatic heterocycles. The second kappa shape index (κ2) is 4.23. The number of ether oxygens (including phenoxy) is 2. The third-order valence-corrected chi connectivity index (χ3v) is 3.54. The number of allylic oxidation sites excluding steroid dienone is 2. The number of hydrogen-bond donors (Lipinski definition) is 0. The maximum absolute atomic E-state index is 11.1. The largest absolute Gasteiger partial charge is 0.423 e. The molecule has 0 saturated carbocycles. The van der Waals surface area contributed by atoms with Crippen molar-refractivity contribution in [3.8, 4) is 11.5 Å². The lowest BCUT2D eigenvalue weighted by atomic mass is 9.96. The van der Waals surface area contributed by atoms with Crippen LogP contribution in [0.1, 0.15) is 43.2 Å². The Morgan fingerprint density at radius 3 is 1.74 bits per heavy atom. The summed E-state index contributed by atoms with van der Waals surface area (Å²) in [6, 6.07) is 3.65. The van der Waals surface area contributed by atoms with Gasteiger partial charge in [0, 0.05) is 25.7 Å². The first kappa shape index (κ1) is 12.0. The smallest absolute Gasteiger partial charge is 0.308 e. The fraction of sp³-hybridized carbons (Fsp3) is 0.333. The van der Waals surface area contributed by atoms with Gasteiger partial charge in [-0.15, -0.1) is 0 Å². The number of carbonyl (C=O) groups excluding carboxylic acids is 2. The quantitative estimate of drug-likeness (QED) is 0.465. The molecule has 0 fully saturated rings. The van der Waals surface area contributed by atoms with Crippen molar-refractivity contribution in [1.82, 2.24) is 0 Å². The predicted octanol–water partition coefficient (Wildman–Crippen LogP) is 2.68. The lowest BCUT2D eigenvalue weighted by Crippen LogP contribution is -2.08. The summed E-state index contributed by atoms with van der Waals surface area (Å²) in [7, 11) is 0. The molecule has 0 spiro atoms. The van der Waals surface area contributed by atoms with Crippen LogP contribution in [0, 0.1) is 0 Å². The van der Waals surface area contributed by atoms with Crippen molar-refractivity contribution in [3.05, 3.63) is 35.4 Å². The van der Waals surface area contributed by atoms with Crippen molar-refractivity contribution in [3.63, 3.8) is 0 Å². The van der Waals surface area contributed by atoms with Crippen LogP contribution in [0.4, 0.5) is 0 Å². The molecule has 4 heteroatoms. The molecule has 0 radical (unpaired) electrons. The molecule has 3 rings (SSSR count). The zero-order valence-electron chi connectivity index (χ0n) is 10.8. The minimum absolute atomic E-state index is 0.322. The zero-order valence-corrected chi connectivity index (χ0v) is 10.8. The summed E-state index contributed by atoms with van der Waals surface area (Å²) < 4.78 is 10.3. The summed E-state index contributed by atoms with van der Waals surface area (Å²) in [6.07, 6.45) is 5.41. The zero-order chi connectivity index (χ0) is 13.6. The van der Waals surface area contributed by atoms with Crippen molar-refractivity contribution in [1.29, 1.82) is 0 Å². The highest BCUT2D eigenvalue weighted by Crippen LogP contribution is 2.51. The molecule has 4 nitrogen and oxygen atoms in total. The third kappa shape index (κ3) is 2.03. The van der Waals surface area contributed by atoms with Crippen LogP contribution in [-0.2, 0) is 9.59 Å². The molecule has 19 heavy (non-hydrogen) atoms. The van der Waals surface area contributed by atoms with Gasteiger partial charge in [-0.2, -0.15) is 0 Å². The van der Waals surface area contributed by atoms with E-state index >= 15 is 0 Å². The van der Waals surface area contributed by atoms with Crippen LogP contribution in [0.15, 0.2) is 24.3 Å². The van der Waals surface area contributed by atoms with Crippen LogP contribution in [0.25, 0.3) is 0 Å². The molecule has 0 amide bonds. The maximum Gasteiger partial charge on any atom is 0.308 e. The lowest BCUT2D eigenvalue weighted by Gasteiger charge is -2.15. The number of hydrogen-bond acceptors (Lipinski definition) is 4. The van der Waals surface area contributed by atoms with Crippen LogP contribution >= 0.6 is 0 Å². The summed E-state index contributed by atoms with van der Waals surface area (Å²) in [5.74, 6) is 0.574. The van der Waals surface area contributed by atoms with Crippen LogP contribution in [0.2, 0.25) is 0 Å². The van der Waals surface area contributed by atoms with E-state index in [1.165, 1.54) is 25.0 Å². The van der Waals surface area contributed by atoms with Gasteiger partial charge in [-0.1, -0.05) is 12.2 Å². The minimum atomic E-state index is -0.424. The summed E-state index contributed by atoms with van der Waals surface area (Å²) in [6.45, 7) is 2.66. The Kier molecular flexibility index (Phi) is 2.66. The second-order valence-electron chi connectivity index (χ2n) is 4.95. The minimum Gasteiger partial charge on any atom is -0.423 e. The Morgan fingerprint density at radius 2 is 1.37 bits per heavy atom. The Balaban J connectivity index is 2.05. The highest BCUT2D eigenvalue weighted by atomic mass is 16.6. The number of rotatable bonds is 2. The SMILES string of the molecule is CC(=O)Oc1cc2c(cc1OC(C)=O)C1C=CC2C1. The monoisotopic (exact) mass is 258 g/mol. The van der Waals surface area contributed by atoms with Gasteiger partial charge in [0.2, 0.25) is 0 Å². The summed E-state index contributed by atoms with van der Waals surface area (Å²) in [5.41, 5.74) is 2.33. The van der Waals surface area contributed by atoms with E-state index in [4.69, 9.17) is 9.47 Å². The van der Waals surface area contributed by atoms with E-state index in [9.17, 15) is 9.59 Å². The summed E-state index contributed by atoms with van der Waals surface area (Å²) in [5, 5.41) is 0. The second-order valence-corrected chi connectivity index (χ2v) is 4.95. The topological polar surface area (TPSA) is 52.6 Å². The number of esters is 2. The van der Waals surface area contributed by atoms with Crippen molar-refractivity contribution in [2.45, 2.75) is 32.1 Å². The maximum atomic E-state index is 11.1. The van der Waals surface area contributed by atoms with Crippen molar-refractivity contribution >= 4 is 11.9 Å². The molecule has 0 saturated heterocycles. The number of carbonyl (C=O) groups is 2. The van der Waals surface area contributed by atoms with E-state index in [1.807, 2.05) is 12.1 Å². The first-order chi connectivity index (χ1) is 9.04. The molecule has 0 N–H and O–H groups in total. The van der Waals surface area contributed by atoms with Crippen LogP contribution < -0.4 is 9.47 Å². The average molecular weight is 258 g/mol. The molecular formula is C15H14O4. The van der Waals surface area contributed by atoms with Gasteiger partial charge in [-0.05, 0) is 29.7 Å². The Hall–Kier alpha value is -2.10. The van der Waals surface area contributed by atoms with Gasteiger partial charge in [0.15, 0.2) is 11.5 Å². The fourth-order valence-corrected chi connectivity index (χ4v) is 2.86. The number of benzene rings is 1. The molecule has 98 valence electrons. The van der Waals surface area contributed by atoms with Gasteiger partial charge in [0.05, 0.1) is 0 Å². The molecule has 2 bridgehead atoms. The van der Waals surface area contributed by atoms with Crippen molar-refractivity contribution in [2.24, 2.45) is 0 Å². The van der Waals surface area contributed by atoms with Crippen LogP contribution in [-0.4, -0.2) is 11.9 Å². The third-order valence-electron chi connectivity index (χ3n) is 3.54. The Bertz CT molecular complexity index is 549. The van der Waals surface area contributed by atoms with E-state index in [0.29, 0.717) is 23.3 Å². The molecule has 2 aliphatic carbocycles. The van der Waals surface area contributed by atoms with Gasteiger partial charge in [0.1, 0.15) is 0 Å². The molecular weight excluding hydrogens is 244 g/mol. The van der Waals surface area contributed by atoms with Gasteiger partial charge in [-0.25, -0.2) is 0 Å².